The zero-order chi connectivity index (χ0) is 13.8. The highest BCUT2D eigenvalue weighted by Crippen LogP contribution is 2.19. The summed E-state index contributed by atoms with van der Waals surface area (Å²) in [5.41, 5.74) is 2.85. The summed E-state index contributed by atoms with van der Waals surface area (Å²) in [7, 11) is 0. The molecule has 0 spiro atoms. The van der Waals surface area contributed by atoms with Gasteiger partial charge in [0.25, 0.3) is 0 Å². The molecule has 5 heteroatoms. The Morgan fingerprint density at radius 1 is 1.00 bits per heavy atom. The Kier molecular flexibility index (Phi) is 5.77. The molecule has 0 aliphatic rings. The number of anilines is 2. The minimum atomic E-state index is 0. The normalized spacial score (nSPS) is 10.1. The van der Waals surface area contributed by atoms with E-state index in [1.807, 2.05) is 58.0 Å². The number of benzene rings is 1. The largest absolute Gasteiger partial charge is 1.00 e. The molecule has 108 valence electrons. The third-order valence-electron chi connectivity index (χ3n) is 2.46. The average molecular weight is 293 g/mol. The monoisotopic (exact) mass is 292 g/mol. The van der Waals surface area contributed by atoms with Crippen molar-refractivity contribution in [2.75, 3.05) is 5.32 Å². The van der Waals surface area contributed by atoms with Gasteiger partial charge < -0.3 is 22.5 Å². The first-order chi connectivity index (χ1) is 9.02. The fraction of sp³-hybridized carbons (Fsp3) is 0.333. The first kappa shape index (κ1) is 16.2. The molecule has 0 saturated carbocycles. The van der Waals surface area contributed by atoms with Crippen molar-refractivity contribution in [1.82, 2.24) is 9.97 Å². The van der Waals surface area contributed by atoms with Crippen LogP contribution in [0.1, 0.15) is 25.2 Å². The third kappa shape index (κ3) is 4.70. The van der Waals surface area contributed by atoms with Crippen LogP contribution in [0.3, 0.4) is 0 Å². The van der Waals surface area contributed by atoms with E-state index in [0.29, 0.717) is 5.95 Å². The van der Waals surface area contributed by atoms with Crippen LogP contribution in [0.5, 0.6) is 5.75 Å². The molecule has 0 atom stereocenters. The molecule has 0 unspecified atom stereocenters. The van der Waals surface area contributed by atoms with Crippen LogP contribution < -0.4 is 22.5 Å². The number of nitrogens with zero attached hydrogens (tertiary/aromatic N) is 2. The summed E-state index contributed by atoms with van der Waals surface area (Å²) in [6.45, 7) is 7.93. The second-order valence-electron chi connectivity index (χ2n) is 4.79. The number of aromatic nitrogens is 2. The molecule has 2 aromatic rings. The van der Waals surface area contributed by atoms with Crippen molar-refractivity contribution in [3.63, 3.8) is 0 Å². The minimum absolute atomic E-state index is 0. The quantitative estimate of drug-likeness (QED) is 0.898. The predicted molar refractivity (Wildman–Crippen MR) is 77.0 cm³/mol. The van der Waals surface area contributed by atoms with Crippen LogP contribution in [0.25, 0.3) is 0 Å². The number of aryl methyl sites for hydroxylation is 2. The molecule has 1 aromatic carbocycles. The summed E-state index contributed by atoms with van der Waals surface area (Å²) in [6, 6.07) is 9.73. The highest BCUT2D eigenvalue weighted by Gasteiger charge is 2.01. The number of ether oxygens (including phenoxy) is 1. The number of hydrogen-bond acceptors (Lipinski definition) is 4. The maximum Gasteiger partial charge on any atom is 0.227 e. The molecule has 20 heavy (non-hydrogen) atoms. The molecule has 0 radical (unpaired) electrons. The zero-order valence-corrected chi connectivity index (χ0v) is 12.9. The molecule has 4 nitrogen and oxygen atoms in total. The number of halogens is 1. The highest BCUT2D eigenvalue weighted by molar-refractivity contribution is 5.54. The van der Waals surface area contributed by atoms with E-state index in [0.717, 1.165) is 22.8 Å². The van der Waals surface area contributed by atoms with Gasteiger partial charge in [0, 0.05) is 17.1 Å². The molecule has 0 saturated heterocycles. The molecule has 0 aliphatic carbocycles. The highest BCUT2D eigenvalue weighted by atomic mass is 35.5. The Morgan fingerprint density at radius 2 is 1.55 bits per heavy atom. The van der Waals surface area contributed by atoms with E-state index >= 15 is 0 Å². The molecule has 0 amide bonds. The number of rotatable bonds is 4. The fourth-order valence-electron chi connectivity index (χ4n) is 1.80. The molecule has 0 bridgehead atoms. The number of nitrogens with one attached hydrogen (secondary N) is 1. The van der Waals surface area contributed by atoms with E-state index in [4.69, 9.17) is 4.74 Å². The van der Waals surface area contributed by atoms with Crippen molar-refractivity contribution < 1.29 is 17.1 Å². The summed E-state index contributed by atoms with van der Waals surface area (Å²) in [4.78, 5) is 8.69. The molecular formula is C15H19ClN3O-. The van der Waals surface area contributed by atoms with Crippen LogP contribution in [-0.2, 0) is 0 Å². The third-order valence-corrected chi connectivity index (χ3v) is 2.46. The Labute approximate surface area is 126 Å². The van der Waals surface area contributed by atoms with Crippen molar-refractivity contribution >= 4 is 11.6 Å². The lowest BCUT2D eigenvalue weighted by Gasteiger charge is -2.11. The van der Waals surface area contributed by atoms with Crippen molar-refractivity contribution in [2.45, 2.75) is 33.8 Å². The van der Waals surface area contributed by atoms with Crippen molar-refractivity contribution in [1.29, 1.82) is 0 Å². The van der Waals surface area contributed by atoms with Gasteiger partial charge in [-0.15, -0.1) is 0 Å². The Morgan fingerprint density at radius 3 is 2.05 bits per heavy atom. The standard InChI is InChI=1S/C15H19N3O.ClH/c1-10(2)19-14-7-5-13(6-8-14)18-15-16-11(3)9-12(4)17-15;/h5-10H,1-4H3,(H,16,17,18);1H/p-1. The first-order valence-corrected chi connectivity index (χ1v) is 6.39. The molecule has 0 aliphatic heterocycles. The van der Waals surface area contributed by atoms with Gasteiger partial charge in [-0.2, -0.15) is 0 Å². The van der Waals surface area contributed by atoms with Crippen molar-refractivity contribution in [2.24, 2.45) is 0 Å². The van der Waals surface area contributed by atoms with Gasteiger partial charge >= 0.3 is 0 Å². The lowest BCUT2D eigenvalue weighted by molar-refractivity contribution is -0.00000562. The van der Waals surface area contributed by atoms with Gasteiger partial charge in [-0.25, -0.2) is 9.97 Å². The summed E-state index contributed by atoms with van der Waals surface area (Å²) in [6.07, 6.45) is 0.182. The molecule has 1 aromatic heterocycles. The Hall–Kier alpha value is -1.81. The summed E-state index contributed by atoms with van der Waals surface area (Å²) >= 11 is 0. The first-order valence-electron chi connectivity index (χ1n) is 6.39. The van der Waals surface area contributed by atoms with Crippen LogP contribution in [-0.4, -0.2) is 16.1 Å². The maximum absolute atomic E-state index is 5.60. The lowest BCUT2D eigenvalue weighted by atomic mass is 10.3. The van der Waals surface area contributed by atoms with E-state index in [1.165, 1.54) is 0 Å². The topological polar surface area (TPSA) is 47.0 Å². The van der Waals surface area contributed by atoms with Gasteiger partial charge in [-0.1, -0.05) is 0 Å². The summed E-state index contributed by atoms with van der Waals surface area (Å²) < 4.78 is 5.60. The van der Waals surface area contributed by atoms with Crippen molar-refractivity contribution in [3.05, 3.63) is 41.7 Å². The Bertz CT molecular complexity index is 535. The summed E-state index contributed by atoms with van der Waals surface area (Å²) in [5, 5.41) is 3.19. The second-order valence-corrected chi connectivity index (χ2v) is 4.79. The van der Waals surface area contributed by atoms with E-state index in [-0.39, 0.29) is 18.5 Å². The SMILES string of the molecule is Cc1cc(C)nc(Nc2ccc(OC(C)C)cc2)n1.[Cl-]. The van der Waals surface area contributed by atoms with E-state index in [2.05, 4.69) is 15.3 Å². The maximum atomic E-state index is 5.60. The average Bonchev–Trinajstić information content (AvgIpc) is 2.29. The van der Waals surface area contributed by atoms with E-state index < -0.39 is 0 Å². The van der Waals surface area contributed by atoms with Gasteiger partial charge in [0.05, 0.1) is 6.10 Å². The van der Waals surface area contributed by atoms with Gasteiger partial charge in [0.1, 0.15) is 5.75 Å². The van der Waals surface area contributed by atoms with Gasteiger partial charge in [0.15, 0.2) is 0 Å². The minimum Gasteiger partial charge on any atom is -1.00 e. The molecule has 1 heterocycles. The van der Waals surface area contributed by atoms with Crippen LogP contribution >= 0.6 is 0 Å². The van der Waals surface area contributed by atoms with Crippen LogP contribution in [0.4, 0.5) is 11.6 Å². The molecule has 0 fully saturated rings. The van der Waals surface area contributed by atoms with Gasteiger partial charge in [-0.3, -0.25) is 0 Å². The second kappa shape index (κ2) is 7.10. The smallest absolute Gasteiger partial charge is 0.227 e. The van der Waals surface area contributed by atoms with Gasteiger partial charge in [0.2, 0.25) is 5.95 Å². The van der Waals surface area contributed by atoms with Crippen LogP contribution in [0, 0.1) is 13.8 Å². The summed E-state index contributed by atoms with van der Waals surface area (Å²) in [5.74, 6) is 1.48. The van der Waals surface area contributed by atoms with Crippen molar-refractivity contribution in [3.8, 4) is 5.75 Å². The zero-order valence-electron chi connectivity index (χ0n) is 12.1. The van der Waals surface area contributed by atoms with Gasteiger partial charge in [-0.05, 0) is 58.0 Å². The number of hydrogen-bond donors (Lipinski definition) is 1. The van der Waals surface area contributed by atoms with Crippen LogP contribution in [0.2, 0.25) is 0 Å². The fourth-order valence-corrected chi connectivity index (χ4v) is 1.80. The van der Waals surface area contributed by atoms with Crippen LogP contribution in [0.15, 0.2) is 30.3 Å². The molecule has 1 N–H and O–H groups in total. The Balaban J connectivity index is 0.00000200. The lowest BCUT2D eigenvalue weighted by Crippen LogP contribution is -3.00. The molecule has 2 rings (SSSR count). The predicted octanol–water partition coefficient (Wildman–Crippen LogP) is 0.628. The van der Waals surface area contributed by atoms with E-state index in [1.54, 1.807) is 0 Å². The van der Waals surface area contributed by atoms with E-state index in [9.17, 15) is 0 Å². The molecular weight excluding hydrogens is 274 g/mol.